The number of nitrogens with zero attached hydrogens (tertiary/aromatic N) is 2. The maximum atomic E-state index is 13.1. The molecular formula is C26H27N3O5S. The zero-order chi connectivity index (χ0) is 25.2. The summed E-state index contributed by atoms with van der Waals surface area (Å²) in [5, 5.41) is 9.95. The fraction of sp³-hybridized carbons (Fsp3) is 0.231. The molecule has 0 aromatic heterocycles. The summed E-state index contributed by atoms with van der Waals surface area (Å²) in [4.78, 5) is 29.2. The first-order valence-corrected chi connectivity index (χ1v) is 12.7. The first-order valence-electron chi connectivity index (χ1n) is 11.2. The van der Waals surface area contributed by atoms with Crippen LogP contribution in [0.3, 0.4) is 0 Å². The summed E-state index contributed by atoms with van der Waals surface area (Å²) in [5.41, 5.74) is 2.35. The third-order valence-electron chi connectivity index (χ3n) is 5.98. The van der Waals surface area contributed by atoms with Crippen LogP contribution in [0.1, 0.15) is 31.8 Å². The minimum Gasteiger partial charge on any atom is -0.507 e. The lowest BCUT2D eigenvalue weighted by molar-refractivity contribution is 0.0533. The summed E-state index contributed by atoms with van der Waals surface area (Å²) in [6, 6.07) is 18.0. The van der Waals surface area contributed by atoms with Gasteiger partial charge in [-0.1, -0.05) is 30.3 Å². The molecule has 9 heteroatoms. The number of hydrogen-bond donors (Lipinski definition) is 2. The Labute approximate surface area is 204 Å². The molecule has 0 bridgehead atoms. The molecule has 3 aromatic rings. The van der Waals surface area contributed by atoms with Crippen molar-refractivity contribution in [1.29, 1.82) is 0 Å². The van der Waals surface area contributed by atoms with Crippen molar-refractivity contribution >= 4 is 27.5 Å². The van der Waals surface area contributed by atoms with Gasteiger partial charge < -0.3 is 14.9 Å². The van der Waals surface area contributed by atoms with E-state index in [1.165, 1.54) is 12.1 Å². The molecule has 3 aromatic carbocycles. The Morgan fingerprint density at radius 1 is 0.829 bits per heavy atom. The number of anilines is 1. The smallest absolute Gasteiger partial charge is 0.262 e. The molecule has 4 rings (SSSR count). The molecule has 182 valence electrons. The second kappa shape index (κ2) is 9.79. The van der Waals surface area contributed by atoms with Gasteiger partial charge in [0.25, 0.3) is 21.8 Å². The van der Waals surface area contributed by atoms with E-state index < -0.39 is 10.0 Å². The number of aromatic hydroxyl groups is 1. The van der Waals surface area contributed by atoms with Gasteiger partial charge in [0.15, 0.2) is 0 Å². The number of carbonyl (C=O) groups is 2. The van der Waals surface area contributed by atoms with Crippen molar-refractivity contribution in [1.82, 2.24) is 9.80 Å². The van der Waals surface area contributed by atoms with E-state index in [1.54, 1.807) is 65.3 Å². The van der Waals surface area contributed by atoms with Crippen molar-refractivity contribution in [3.8, 4) is 5.75 Å². The highest BCUT2D eigenvalue weighted by molar-refractivity contribution is 7.92. The number of rotatable bonds is 5. The Hall–Kier alpha value is -3.85. The SMILES string of the molecule is Cc1ccc(C)c(S(=O)(=O)Nc2cccc(C(=O)N3CCN(C(=O)c4ccccc4O)CC3)c2)c1. The number of nitrogens with one attached hydrogen (secondary N) is 1. The summed E-state index contributed by atoms with van der Waals surface area (Å²) in [7, 11) is -3.82. The number of phenols is 1. The van der Waals surface area contributed by atoms with Crippen LogP contribution in [0.15, 0.2) is 71.6 Å². The van der Waals surface area contributed by atoms with Crippen LogP contribution in [0.4, 0.5) is 5.69 Å². The topological polar surface area (TPSA) is 107 Å². The number of amides is 2. The van der Waals surface area contributed by atoms with Crippen molar-refractivity contribution in [2.45, 2.75) is 18.7 Å². The van der Waals surface area contributed by atoms with Gasteiger partial charge in [0.2, 0.25) is 0 Å². The Morgan fingerprint density at radius 2 is 1.49 bits per heavy atom. The van der Waals surface area contributed by atoms with Gasteiger partial charge in [-0.3, -0.25) is 14.3 Å². The Bertz CT molecular complexity index is 1380. The zero-order valence-electron chi connectivity index (χ0n) is 19.6. The number of sulfonamides is 1. The van der Waals surface area contributed by atoms with Gasteiger partial charge in [-0.05, 0) is 61.4 Å². The van der Waals surface area contributed by atoms with Crippen LogP contribution in [0, 0.1) is 13.8 Å². The van der Waals surface area contributed by atoms with E-state index in [-0.39, 0.29) is 28.0 Å². The molecule has 1 aliphatic heterocycles. The Morgan fingerprint density at radius 3 is 2.17 bits per heavy atom. The van der Waals surface area contributed by atoms with Crippen LogP contribution < -0.4 is 4.72 Å². The highest BCUT2D eigenvalue weighted by Gasteiger charge is 2.27. The summed E-state index contributed by atoms with van der Waals surface area (Å²) < 4.78 is 28.4. The average molecular weight is 494 g/mol. The molecule has 0 radical (unpaired) electrons. The van der Waals surface area contributed by atoms with E-state index >= 15 is 0 Å². The van der Waals surface area contributed by atoms with Crippen LogP contribution in [0.25, 0.3) is 0 Å². The van der Waals surface area contributed by atoms with Crippen molar-refractivity contribution in [3.63, 3.8) is 0 Å². The van der Waals surface area contributed by atoms with Crippen molar-refractivity contribution in [3.05, 3.63) is 89.0 Å². The molecular weight excluding hydrogens is 466 g/mol. The van der Waals surface area contributed by atoms with Crippen LogP contribution in [0.5, 0.6) is 5.75 Å². The molecule has 1 fully saturated rings. The molecule has 0 saturated carbocycles. The fourth-order valence-corrected chi connectivity index (χ4v) is 5.42. The molecule has 0 atom stereocenters. The fourth-order valence-electron chi connectivity index (χ4n) is 4.04. The highest BCUT2D eigenvalue weighted by Crippen LogP contribution is 2.23. The van der Waals surface area contributed by atoms with Gasteiger partial charge in [-0.2, -0.15) is 0 Å². The second-order valence-electron chi connectivity index (χ2n) is 8.56. The number of hydrogen-bond acceptors (Lipinski definition) is 5. The number of benzene rings is 3. The van der Waals surface area contributed by atoms with Gasteiger partial charge in [0.1, 0.15) is 5.75 Å². The van der Waals surface area contributed by atoms with Crippen LogP contribution in [-0.4, -0.2) is 61.3 Å². The molecule has 35 heavy (non-hydrogen) atoms. The molecule has 2 amide bonds. The molecule has 8 nitrogen and oxygen atoms in total. The summed E-state index contributed by atoms with van der Waals surface area (Å²) >= 11 is 0. The van der Waals surface area contributed by atoms with E-state index in [0.29, 0.717) is 43.0 Å². The van der Waals surface area contributed by atoms with Gasteiger partial charge in [0.05, 0.1) is 10.5 Å². The van der Waals surface area contributed by atoms with Crippen molar-refractivity contribution in [2.24, 2.45) is 0 Å². The number of phenolic OH excluding ortho intramolecular Hbond substituents is 1. The molecule has 0 aliphatic carbocycles. The predicted octanol–water partition coefficient (Wildman–Crippen LogP) is 3.41. The van der Waals surface area contributed by atoms with Crippen LogP contribution in [0.2, 0.25) is 0 Å². The molecule has 1 saturated heterocycles. The van der Waals surface area contributed by atoms with E-state index in [2.05, 4.69) is 4.72 Å². The largest absolute Gasteiger partial charge is 0.507 e. The third-order valence-corrected chi connectivity index (χ3v) is 7.51. The van der Waals surface area contributed by atoms with E-state index in [4.69, 9.17) is 0 Å². The Kier molecular flexibility index (Phi) is 6.79. The maximum Gasteiger partial charge on any atom is 0.262 e. The van der Waals surface area contributed by atoms with Crippen molar-refractivity contribution in [2.75, 3.05) is 30.9 Å². The predicted molar refractivity (Wildman–Crippen MR) is 133 cm³/mol. The number of piperazine rings is 1. The first-order chi connectivity index (χ1) is 16.7. The molecule has 2 N–H and O–H groups in total. The van der Waals surface area contributed by atoms with Gasteiger partial charge >= 0.3 is 0 Å². The van der Waals surface area contributed by atoms with E-state index in [9.17, 15) is 23.1 Å². The van der Waals surface area contributed by atoms with Gasteiger partial charge in [-0.25, -0.2) is 8.42 Å². The maximum absolute atomic E-state index is 13.1. The highest BCUT2D eigenvalue weighted by atomic mass is 32.2. The van der Waals surface area contributed by atoms with Crippen LogP contribution >= 0.6 is 0 Å². The quantitative estimate of drug-likeness (QED) is 0.567. The standard InChI is InChI=1S/C26H27N3O5S/c1-18-10-11-19(2)24(16-18)35(33,34)27-21-7-5-6-20(17-21)25(31)28-12-14-29(15-13-28)26(32)22-8-3-4-9-23(22)30/h3-11,16-17,27,30H,12-15H2,1-2H3. The number of para-hydroxylation sites is 1. The van der Waals surface area contributed by atoms with Crippen molar-refractivity contribution < 1.29 is 23.1 Å². The molecule has 1 aliphatic rings. The minimum absolute atomic E-state index is 0.0730. The van der Waals surface area contributed by atoms with E-state index in [1.807, 2.05) is 13.0 Å². The van der Waals surface area contributed by atoms with Crippen LogP contribution in [-0.2, 0) is 10.0 Å². The molecule has 1 heterocycles. The normalized spacial score (nSPS) is 14.0. The zero-order valence-corrected chi connectivity index (χ0v) is 20.4. The van der Waals surface area contributed by atoms with Gasteiger partial charge in [-0.15, -0.1) is 0 Å². The monoisotopic (exact) mass is 493 g/mol. The summed E-state index contributed by atoms with van der Waals surface area (Å²) in [5.74, 6) is -0.596. The summed E-state index contributed by atoms with van der Waals surface area (Å²) in [6.45, 7) is 4.88. The lowest BCUT2D eigenvalue weighted by Crippen LogP contribution is -2.50. The molecule has 0 spiro atoms. The average Bonchev–Trinajstić information content (AvgIpc) is 2.85. The Balaban J connectivity index is 1.44. The van der Waals surface area contributed by atoms with E-state index in [0.717, 1.165) is 5.56 Å². The van der Waals surface area contributed by atoms with Gasteiger partial charge in [0, 0.05) is 37.4 Å². The molecule has 0 unspecified atom stereocenters. The third kappa shape index (κ3) is 5.30. The number of carbonyl (C=O) groups excluding carboxylic acids is 2. The number of aryl methyl sites for hydroxylation is 2. The lowest BCUT2D eigenvalue weighted by Gasteiger charge is -2.35. The first kappa shape index (κ1) is 24.3. The minimum atomic E-state index is -3.82. The summed E-state index contributed by atoms with van der Waals surface area (Å²) in [6.07, 6.45) is 0. The lowest BCUT2D eigenvalue weighted by atomic mass is 10.1. The second-order valence-corrected chi connectivity index (χ2v) is 10.2.